The van der Waals surface area contributed by atoms with Crippen molar-refractivity contribution in [1.29, 1.82) is 0 Å². The molecule has 0 bridgehead atoms. The Labute approximate surface area is 91.4 Å². The van der Waals surface area contributed by atoms with E-state index < -0.39 is 0 Å². The van der Waals surface area contributed by atoms with Crippen LogP contribution in [0.15, 0.2) is 0 Å². The van der Waals surface area contributed by atoms with E-state index >= 15 is 0 Å². The Bertz CT molecular complexity index is 170. The molecule has 2 aliphatic rings. The van der Waals surface area contributed by atoms with E-state index in [0.717, 1.165) is 23.4 Å². The molecule has 0 heterocycles. The normalized spacial score (nSPS) is 45.0. The fourth-order valence-electron chi connectivity index (χ4n) is 3.45. The van der Waals surface area contributed by atoms with Gasteiger partial charge >= 0.3 is 0 Å². The third kappa shape index (κ3) is 2.72. The SMILES string of the molecule is CC1CCC(C2CCCC(P)C2)CC1. The molecule has 1 heteroatoms. The summed E-state index contributed by atoms with van der Waals surface area (Å²) in [5.41, 5.74) is 0.938. The van der Waals surface area contributed by atoms with E-state index in [1.54, 1.807) is 0 Å². The van der Waals surface area contributed by atoms with Crippen molar-refractivity contribution in [2.24, 2.45) is 17.8 Å². The quantitative estimate of drug-likeness (QED) is 0.570. The molecule has 0 spiro atoms. The lowest BCUT2D eigenvalue weighted by atomic mass is 9.71. The first-order valence-corrected chi connectivity index (χ1v) is 7.18. The fourth-order valence-corrected chi connectivity index (χ4v) is 4.04. The molecule has 0 aromatic carbocycles. The van der Waals surface area contributed by atoms with E-state index in [-0.39, 0.29) is 0 Å². The van der Waals surface area contributed by atoms with Crippen molar-refractivity contribution in [2.75, 3.05) is 0 Å². The molecule has 0 aliphatic heterocycles. The summed E-state index contributed by atoms with van der Waals surface area (Å²) in [5, 5.41) is 0. The molecule has 0 N–H and O–H groups in total. The molecule has 2 saturated carbocycles. The molecule has 0 aromatic heterocycles. The highest BCUT2D eigenvalue weighted by atomic mass is 31.0. The molecule has 0 radical (unpaired) electrons. The molecule has 2 aliphatic carbocycles. The Morgan fingerprint density at radius 2 is 1.57 bits per heavy atom. The second-order valence-electron chi connectivity index (χ2n) is 5.71. The van der Waals surface area contributed by atoms with Crippen LogP contribution >= 0.6 is 9.24 Å². The van der Waals surface area contributed by atoms with Gasteiger partial charge in [0.1, 0.15) is 0 Å². The summed E-state index contributed by atoms with van der Waals surface area (Å²) in [6.07, 6.45) is 12.1. The predicted octanol–water partition coefficient (Wildman–Crippen LogP) is 4.25. The van der Waals surface area contributed by atoms with E-state index in [4.69, 9.17) is 0 Å². The van der Waals surface area contributed by atoms with E-state index in [9.17, 15) is 0 Å². The molecular weight excluding hydrogens is 187 g/mol. The monoisotopic (exact) mass is 212 g/mol. The lowest BCUT2D eigenvalue weighted by molar-refractivity contribution is 0.175. The molecule has 0 aromatic rings. The summed E-state index contributed by atoms with van der Waals surface area (Å²) < 4.78 is 0. The average molecular weight is 212 g/mol. The molecule has 0 saturated heterocycles. The van der Waals surface area contributed by atoms with E-state index in [0.29, 0.717) is 0 Å². The van der Waals surface area contributed by atoms with Crippen molar-refractivity contribution in [3.05, 3.63) is 0 Å². The average Bonchev–Trinajstić information content (AvgIpc) is 2.19. The largest absolute Gasteiger partial charge is 0.134 e. The van der Waals surface area contributed by atoms with Gasteiger partial charge < -0.3 is 0 Å². The Kier molecular flexibility index (Phi) is 3.88. The second-order valence-corrected chi connectivity index (χ2v) is 6.65. The summed E-state index contributed by atoms with van der Waals surface area (Å²) in [6, 6.07) is 0. The molecule has 14 heavy (non-hydrogen) atoms. The molecule has 2 rings (SSSR count). The fraction of sp³-hybridized carbons (Fsp3) is 1.00. The molecule has 3 unspecified atom stereocenters. The molecule has 2 fully saturated rings. The van der Waals surface area contributed by atoms with Crippen LogP contribution in [0.3, 0.4) is 0 Å². The maximum Gasteiger partial charge on any atom is -0.0261 e. The standard InChI is InChI=1S/C13H25P/c1-10-5-7-11(8-6-10)12-3-2-4-13(14)9-12/h10-13H,2-9,14H2,1H3. The van der Waals surface area contributed by atoms with Gasteiger partial charge in [-0.15, -0.1) is 9.24 Å². The van der Waals surface area contributed by atoms with Crippen molar-refractivity contribution < 1.29 is 0 Å². The van der Waals surface area contributed by atoms with E-state index in [1.807, 2.05) is 0 Å². The molecule has 0 nitrogen and oxygen atoms in total. The third-order valence-corrected chi connectivity index (χ3v) is 5.09. The van der Waals surface area contributed by atoms with Gasteiger partial charge in [0.05, 0.1) is 0 Å². The third-order valence-electron chi connectivity index (χ3n) is 4.48. The molecular formula is C13H25P. The van der Waals surface area contributed by atoms with Gasteiger partial charge in [-0.25, -0.2) is 0 Å². The van der Waals surface area contributed by atoms with Gasteiger partial charge in [0.25, 0.3) is 0 Å². The lowest BCUT2D eigenvalue weighted by Gasteiger charge is -2.36. The van der Waals surface area contributed by atoms with Gasteiger partial charge in [0, 0.05) is 0 Å². The molecule has 3 atom stereocenters. The van der Waals surface area contributed by atoms with Crippen molar-refractivity contribution in [1.82, 2.24) is 0 Å². The smallest absolute Gasteiger partial charge is 0.0261 e. The first-order chi connectivity index (χ1) is 6.75. The highest BCUT2D eigenvalue weighted by Gasteiger charge is 2.29. The summed E-state index contributed by atoms with van der Waals surface area (Å²) in [4.78, 5) is 0. The molecule has 82 valence electrons. The van der Waals surface area contributed by atoms with Crippen LogP contribution in [0.4, 0.5) is 0 Å². The number of hydrogen-bond acceptors (Lipinski definition) is 0. The van der Waals surface area contributed by atoms with Crippen LogP contribution in [0, 0.1) is 17.8 Å². The van der Waals surface area contributed by atoms with Crippen LogP contribution in [0.5, 0.6) is 0 Å². The maximum absolute atomic E-state index is 3.06. The predicted molar refractivity (Wildman–Crippen MR) is 66.6 cm³/mol. The summed E-state index contributed by atoms with van der Waals surface area (Å²) in [7, 11) is 3.06. The van der Waals surface area contributed by atoms with E-state index in [2.05, 4.69) is 16.2 Å². The molecule has 0 amide bonds. The minimum Gasteiger partial charge on any atom is -0.134 e. The van der Waals surface area contributed by atoms with Gasteiger partial charge in [-0.1, -0.05) is 32.6 Å². The van der Waals surface area contributed by atoms with Crippen LogP contribution < -0.4 is 0 Å². The van der Waals surface area contributed by atoms with Crippen molar-refractivity contribution in [3.8, 4) is 0 Å². The number of hydrogen-bond donors (Lipinski definition) is 0. The summed E-state index contributed by atoms with van der Waals surface area (Å²) >= 11 is 0. The van der Waals surface area contributed by atoms with Crippen molar-refractivity contribution >= 4 is 9.24 Å². The van der Waals surface area contributed by atoms with Crippen LogP contribution in [0.1, 0.15) is 58.3 Å². The van der Waals surface area contributed by atoms with Gasteiger partial charge in [-0.05, 0) is 49.1 Å². The van der Waals surface area contributed by atoms with Gasteiger partial charge in [-0.2, -0.15) is 0 Å². The highest BCUT2D eigenvalue weighted by Crippen LogP contribution is 2.41. The van der Waals surface area contributed by atoms with E-state index in [1.165, 1.54) is 51.4 Å². The first-order valence-electron chi connectivity index (χ1n) is 6.51. The lowest BCUT2D eigenvalue weighted by Crippen LogP contribution is -2.26. The minimum atomic E-state index is 0.938. The summed E-state index contributed by atoms with van der Waals surface area (Å²) in [6.45, 7) is 2.43. The van der Waals surface area contributed by atoms with Crippen molar-refractivity contribution in [2.45, 2.75) is 63.9 Å². The van der Waals surface area contributed by atoms with Crippen LogP contribution in [0.2, 0.25) is 0 Å². The zero-order valence-corrected chi connectivity index (χ0v) is 10.7. The first kappa shape index (κ1) is 10.9. The Hall–Kier alpha value is 0.430. The minimum absolute atomic E-state index is 0.938. The summed E-state index contributed by atoms with van der Waals surface area (Å²) in [5.74, 6) is 3.19. The Balaban J connectivity index is 1.82. The zero-order chi connectivity index (χ0) is 9.97. The highest BCUT2D eigenvalue weighted by molar-refractivity contribution is 7.17. The van der Waals surface area contributed by atoms with Gasteiger partial charge in [-0.3, -0.25) is 0 Å². The van der Waals surface area contributed by atoms with Gasteiger partial charge in [0.2, 0.25) is 0 Å². The Morgan fingerprint density at radius 1 is 0.857 bits per heavy atom. The topological polar surface area (TPSA) is 0 Å². The zero-order valence-electron chi connectivity index (χ0n) is 9.54. The van der Waals surface area contributed by atoms with Crippen LogP contribution in [-0.2, 0) is 0 Å². The number of rotatable bonds is 1. The van der Waals surface area contributed by atoms with Crippen LogP contribution in [0.25, 0.3) is 0 Å². The van der Waals surface area contributed by atoms with Crippen LogP contribution in [-0.4, -0.2) is 5.66 Å². The second kappa shape index (κ2) is 4.97. The van der Waals surface area contributed by atoms with Crippen molar-refractivity contribution in [3.63, 3.8) is 0 Å². The Morgan fingerprint density at radius 3 is 2.21 bits per heavy atom. The maximum atomic E-state index is 3.06. The van der Waals surface area contributed by atoms with Gasteiger partial charge in [0.15, 0.2) is 0 Å².